The monoisotopic (exact) mass is 252 g/mol. The molecule has 100 valence electrons. The van der Waals surface area contributed by atoms with Crippen LogP contribution in [0.2, 0.25) is 0 Å². The van der Waals surface area contributed by atoms with Gasteiger partial charge in [-0.15, -0.1) is 0 Å². The molecule has 0 saturated carbocycles. The van der Waals surface area contributed by atoms with Gasteiger partial charge in [-0.3, -0.25) is 9.88 Å². The highest BCUT2D eigenvalue weighted by molar-refractivity contribution is 5.19. The van der Waals surface area contributed by atoms with Crippen molar-refractivity contribution in [2.24, 2.45) is 0 Å². The molecule has 1 aromatic rings. The molecule has 1 saturated heterocycles. The molecule has 5 heteroatoms. The molecule has 1 N–H and O–H groups in total. The molecular formula is C13H20N2O3. The number of nitrogens with zero attached hydrogens (tertiary/aromatic N) is 2. The van der Waals surface area contributed by atoms with Crippen LogP contribution in [-0.4, -0.2) is 53.9 Å². The quantitative estimate of drug-likeness (QED) is 0.835. The van der Waals surface area contributed by atoms with Crippen molar-refractivity contribution >= 4 is 0 Å². The zero-order chi connectivity index (χ0) is 12.8. The number of hydrogen-bond donors (Lipinski definition) is 1. The Hall–Kier alpha value is -1.17. The number of pyridine rings is 1. The lowest BCUT2D eigenvalue weighted by molar-refractivity contribution is -0.0464. The Labute approximate surface area is 107 Å². The van der Waals surface area contributed by atoms with Crippen LogP contribution in [0.25, 0.3) is 0 Å². The Bertz CT molecular complexity index is 356. The maximum Gasteiger partial charge on any atom is 0.137 e. The lowest BCUT2D eigenvalue weighted by atomic mass is 10.3. The number of aliphatic hydroxyl groups excluding tert-OH is 1. The van der Waals surface area contributed by atoms with Gasteiger partial charge in [0.1, 0.15) is 18.5 Å². The predicted molar refractivity (Wildman–Crippen MR) is 67.5 cm³/mol. The van der Waals surface area contributed by atoms with Crippen molar-refractivity contribution in [1.82, 2.24) is 9.88 Å². The summed E-state index contributed by atoms with van der Waals surface area (Å²) in [6.45, 7) is 6.38. The van der Waals surface area contributed by atoms with E-state index in [0.717, 1.165) is 26.2 Å². The molecular weight excluding hydrogens is 232 g/mol. The van der Waals surface area contributed by atoms with Crippen molar-refractivity contribution in [2.45, 2.75) is 19.6 Å². The second kappa shape index (κ2) is 6.68. The Morgan fingerprint density at radius 1 is 1.56 bits per heavy atom. The topological polar surface area (TPSA) is 54.8 Å². The summed E-state index contributed by atoms with van der Waals surface area (Å²) in [6, 6.07) is 3.58. The fourth-order valence-electron chi connectivity index (χ4n) is 1.95. The lowest BCUT2D eigenvalue weighted by Crippen LogP contribution is -2.44. The zero-order valence-corrected chi connectivity index (χ0v) is 10.7. The van der Waals surface area contributed by atoms with Gasteiger partial charge in [0.25, 0.3) is 0 Å². The highest BCUT2D eigenvalue weighted by Gasteiger charge is 2.19. The molecule has 2 rings (SSSR count). The van der Waals surface area contributed by atoms with Gasteiger partial charge in [0.15, 0.2) is 0 Å². The van der Waals surface area contributed by atoms with E-state index in [9.17, 15) is 0 Å². The van der Waals surface area contributed by atoms with Crippen LogP contribution in [0.5, 0.6) is 5.75 Å². The molecule has 1 atom stereocenters. The van der Waals surface area contributed by atoms with Gasteiger partial charge in [0.2, 0.25) is 0 Å². The Balaban J connectivity index is 1.79. The molecule has 2 heterocycles. The summed E-state index contributed by atoms with van der Waals surface area (Å²) in [7, 11) is 0. The number of hydrogen-bond acceptors (Lipinski definition) is 5. The average Bonchev–Trinajstić information content (AvgIpc) is 2.46. The number of rotatable bonds is 5. The first-order valence-corrected chi connectivity index (χ1v) is 6.34. The molecule has 1 fully saturated rings. The van der Waals surface area contributed by atoms with E-state index in [-0.39, 0.29) is 12.7 Å². The van der Waals surface area contributed by atoms with Gasteiger partial charge in [0.05, 0.1) is 25.1 Å². The summed E-state index contributed by atoms with van der Waals surface area (Å²) in [6.07, 6.45) is 1.75. The van der Waals surface area contributed by atoms with E-state index in [1.54, 1.807) is 12.3 Å². The van der Waals surface area contributed by atoms with Crippen LogP contribution in [0.1, 0.15) is 12.6 Å². The van der Waals surface area contributed by atoms with Crippen LogP contribution >= 0.6 is 0 Å². The van der Waals surface area contributed by atoms with Crippen molar-refractivity contribution in [3.63, 3.8) is 0 Å². The first-order chi connectivity index (χ1) is 8.81. The van der Waals surface area contributed by atoms with E-state index in [1.807, 2.05) is 6.07 Å². The minimum atomic E-state index is -0.0442. The fraction of sp³-hybridized carbons (Fsp3) is 0.615. The fourth-order valence-corrected chi connectivity index (χ4v) is 1.95. The van der Waals surface area contributed by atoms with Gasteiger partial charge in [-0.05, 0) is 18.7 Å². The standard InChI is InChI=1S/C13H20N2O3/c1-2-15-5-6-17-13(8-15)10-18-12-4-3-11(9-16)14-7-12/h3-4,7,13,16H,2,5-6,8-10H2,1H3. The second-order valence-electron chi connectivity index (χ2n) is 4.34. The van der Waals surface area contributed by atoms with E-state index >= 15 is 0 Å². The number of aliphatic hydroxyl groups is 1. The van der Waals surface area contributed by atoms with Crippen LogP contribution in [0.3, 0.4) is 0 Å². The van der Waals surface area contributed by atoms with Crippen molar-refractivity contribution in [2.75, 3.05) is 32.8 Å². The van der Waals surface area contributed by atoms with Gasteiger partial charge in [-0.2, -0.15) is 0 Å². The third-order valence-corrected chi connectivity index (χ3v) is 3.07. The zero-order valence-electron chi connectivity index (χ0n) is 10.7. The van der Waals surface area contributed by atoms with Crippen molar-refractivity contribution in [3.8, 4) is 5.75 Å². The van der Waals surface area contributed by atoms with E-state index in [0.29, 0.717) is 18.1 Å². The SMILES string of the molecule is CCN1CCOC(COc2ccc(CO)nc2)C1. The molecule has 0 aromatic carbocycles. The largest absolute Gasteiger partial charge is 0.489 e. The van der Waals surface area contributed by atoms with Gasteiger partial charge in [-0.25, -0.2) is 0 Å². The second-order valence-corrected chi connectivity index (χ2v) is 4.34. The van der Waals surface area contributed by atoms with Crippen LogP contribution < -0.4 is 4.74 Å². The lowest BCUT2D eigenvalue weighted by Gasteiger charge is -2.31. The molecule has 0 bridgehead atoms. The molecule has 18 heavy (non-hydrogen) atoms. The van der Waals surface area contributed by atoms with Crippen LogP contribution in [-0.2, 0) is 11.3 Å². The van der Waals surface area contributed by atoms with Crippen molar-refractivity contribution < 1.29 is 14.6 Å². The third-order valence-electron chi connectivity index (χ3n) is 3.07. The van der Waals surface area contributed by atoms with Crippen LogP contribution in [0, 0.1) is 0 Å². The third kappa shape index (κ3) is 3.66. The first kappa shape index (κ1) is 13.3. The van der Waals surface area contributed by atoms with E-state index in [2.05, 4.69) is 16.8 Å². The van der Waals surface area contributed by atoms with E-state index < -0.39 is 0 Å². The summed E-state index contributed by atoms with van der Waals surface area (Å²) in [4.78, 5) is 6.42. The van der Waals surface area contributed by atoms with Crippen LogP contribution in [0.15, 0.2) is 18.3 Å². The molecule has 1 unspecified atom stereocenters. The molecule has 0 spiro atoms. The summed E-state index contributed by atoms with van der Waals surface area (Å²) in [5, 5.41) is 8.89. The predicted octanol–water partition coefficient (Wildman–Crippen LogP) is 0.673. The van der Waals surface area contributed by atoms with Gasteiger partial charge < -0.3 is 14.6 Å². The summed E-state index contributed by atoms with van der Waals surface area (Å²) < 4.78 is 11.3. The molecule has 0 radical (unpaired) electrons. The molecule has 1 aliphatic heterocycles. The van der Waals surface area contributed by atoms with Crippen molar-refractivity contribution in [1.29, 1.82) is 0 Å². The summed E-state index contributed by atoms with van der Waals surface area (Å²) in [5.74, 6) is 0.712. The Morgan fingerprint density at radius 3 is 3.11 bits per heavy atom. The van der Waals surface area contributed by atoms with E-state index in [1.165, 1.54) is 0 Å². The summed E-state index contributed by atoms with van der Waals surface area (Å²) in [5.41, 5.74) is 0.647. The molecule has 5 nitrogen and oxygen atoms in total. The first-order valence-electron chi connectivity index (χ1n) is 6.34. The Morgan fingerprint density at radius 2 is 2.44 bits per heavy atom. The molecule has 0 amide bonds. The minimum Gasteiger partial charge on any atom is -0.489 e. The molecule has 0 aliphatic carbocycles. The van der Waals surface area contributed by atoms with Gasteiger partial charge in [-0.1, -0.05) is 6.92 Å². The maximum absolute atomic E-state index is 8.89. The number of likely N-dealkylation sites (N-methyl/N-ethyl adjacent to an activating group) is 1. The van der Waals surface area contributed by atoms with Gasteiger partial charge in [0, 0.05) is 13.1 Å². The molecule has 1 aliphatic rings. The highest BCUT2D eigenvalue weighted by atomic mass is 16.5. The molecule has 1 aromatic heterocycles. The number of aromatic nitrogens is 1. The van der Waals surface area contributed by atoms with Crippen LogP contribution in [0.4, 0.5) is 0 Å². The highest BCUT2D eigenvalue weighted by Crippen LogP contribution is 2.11. The maximum atomic E-state index is 8.89. The summed E-state index contributed by atoms with van der Waals surface area (Å²) >= 11 is 0. The normalized spacial score (nSPS) is 20.9. The van der Waals surface area contributed by atoms with Crippen molar-refractivity contribution in [3.05, 3.63) is 24.0 Å². The van der Waals surface area contributed by atoms with Gasteiger partial charge >= 0.3 is 0 Å². The average molecular weight is 252 g/mol. The number of morpholine rings is 1. The van der Waals surface area contributed by atoms with E-state index in [4.69, 9.17) is 14.6 Å². The minimum absolute atomic E-state index is 0.0442. The number of ether oxygens (including phenoxy) is 2. The smallest absolute Gasteiger partial charge is 0.137 e. The Kier molecular flexibility index (Phi) is 4.92.